The predicted molar refractivity (Wildman–Crippen MR) is 40.5 cm³/mol. The van der Waals surface area contributed by atoms with E-state index in [0.717, 1.165) is 12.3 Å². The van der Waals surface area contributed by atoms with Gasteiger partial charge in [0.05, 0.1) is 6.04 Å². The molecule has 11 heavy (non-hydrogen) atoms. The molecular formula is C8H13NO2. The number of nitrogens with one attached hydrogen (secondary N) is 1. The lowest BCUT2D eigenvalue weighted by Gasteiger charge is -2.04. The van der Waals surface area contributed by atoms with Gasteiger partial charge in [0, 0.05) is 0 Å². The van der Waals surface area contributed by atoms with Crippen molar-refractivity contribution >= 4 is 0 Å². The van der Waals surface area contributed by atoms with Gasteiger partial charge >= 0.3 is 0 Å². The molecule has 0 bridgehead atoms. The van der Waals surface area contributed by atoms with E-state index < -0.39 is 0 Å². The van der Waals surface area contributed by atoms with Crippen molar-refractivity contribution < 1.29 is 9.94 Å². The average molecular weight is 155 g/mol. The van der Waals surface area contributed by atoms with Crippen LogP contribution in [0.3, 0.4) is 0 Å². The number of rotatable bonds is 3. The number of aliphatic hydroxyl groups excluding tert-OH is 1. The Balaban J connectivity index is 1.81. The predicted octanol–water partition coefficient (Wildman–Crippen LogP) is 0.566. The van der Waals surface area contributed by atoms with Crippen molar-refractivity contribution in [3.05, 3.63) is 11.8 Å². The first kappa shape index (κ1) is 7.13. The van der Waals surface area contributed by atoms with Crippen molar-refractivity contribution in [3.63, 3.8) is 0 Å². The molecule has 1 saturated carbocycles. The van der Waals surface area contributed by atoms with Crippen LogP contribution in [0.25, 0.3) is 0 Å². The third-order valence-corrected chi connectivity index (χ3v) is 2.17. The molecular weight excluding hydrogens is 142 g/mol. The van der Waals surface area contributed by atoms with Crippen LogP contribution in [-0.4, -0.2) is 17.8 Å². The third kappa shape index (κ3) is 1.73. The Morgan fingerprint density at radius 1 is 1.64 bits per heavy atom. The molecule has 0 aromatic heterocycles. The second-order valence-electron chi connectivity index (χ2n) is 3.30. The van der Waals surface area contributed by atoms with E-state index in [0.29, 0.717) is 11.8 Å². The molecule has 2 aliphatic rings. The zero-order chi connectivity index (χ0) is 7.68. The van der Waals surface area contributed by atoms with Crippen LogP contribution in [0.2, 0.25) is 0 Å². The van der Waals surface area contributed by atoms with E-state index in [1.54, 1.807) is 0 Å². The van der Waals surface area contributed by atoms with E-state index in [1.807, 2.05) is 6.08 Å². The normalized spacial score (nSPS) is 29.9. The number of aliphatic hydroxyl groups is 1. The second-order valence-corrected chi connectivity index (χ2v) is 3.30. The van der Waals surface area contributed by atoms with E-state index >= 15 is 0 Å². The molecule has 0 radical (unpaired) electrons. The fraction of sp³-hybridized carbons (Fsp3) is 0.750. The van der Waals surface area contributed by atoms with E-state index in [1.165, 1.54) is 12.8 Å². The summed E-state index contributed by atoms with van der Waals surface area (Å²) in [5.74, 6) is 1.56. The molecule has 0 saturated heterocycles. The smallest absolute Gasteiger partial charge is 0.147 e. The third-order valence-electron chi connectivity index (χ3n) is 2.17. The summed E-state index contributed by atoms with van der Waals surface area (Å²) in [6, 6.07) is 0.338. The van der Waals surface area contributed by atoms with Gasteiger partial charge in [-0.05, 0) is 18.4 Å². The van der Waals surface area contributed by atoms with Crippen LogP contribution < -0.4 is 5.48 Å². The minimum Gasteiger partial charge on any atom is -0.410 e. The van der Waals surface area contributed by atoms with Gasteiger partial charge in [0.1, 0.15) is 12.4 Å². The second kappa shape index (κ2) is 2.83. The zero-order valence-corrected chi connectivity index (χ0v) is 6.42. The highest BCUT2D eigenvalue weighted by Crippen LogP contribution is 2.34. The fourth-order valence-corrected chi connectivity index (χ4v) is 1.36. The molecule has 1 aliphatic heterocycles. The van der Waals surface area contributed by atoms with E-state index in [2.05, 4.69) is 5.48 Å². The van der Waals surface area contributed by atoms with Crippen molar-refractivity contribution in [1.29, 1.82) is 0 Å². The van der Waals surface area contributed by atoms with Gasteiger partial charge in [0.25, 0.3) is 0 Å². The first-order valence-corrected chi connectivity index (χ1v) is 4.12. The van der Waals surface area contributed by atoms with Crippen molar-refractivity contribution in [3.8, 4) is 0 Å². The topological polar surface area (TPSA) is 41.5 Å². The lowest BCUT2D eigenvalue weighted by atomic mass is 10.1. The maximum Gasteiger partial charge on any atom is 0.147 e. The molecule has 2 rings (SSSR count). The molecule has 1 atom stereocenters. The van der Waals surface area contributed by atoms with Crippen LogP contribution in [0.15, 0.2) is 11.8 Å². The Labute approximate surface area is 66.0 Å². The SMILES string of the molecule is OCC1=CC(CC2CC2)NO1. The molecule has 0 amide bonds. The highest BCUT2D eigenvalue weighted by molar-refractivity contribution is 5.05. The van der Waals surface area contributed by atoms with Crippen LogP contribution >= 0.6 is 0 Å². The van der Waals surface area contributed by atoms with Crippen molar-refractivity contribution in [2.24, 2.45) is 5.92 Å². The summed E-state index contributed by atoms with van der Waals surface area (Å²) >= 11 is 0. The molecule has 0 aromatic rings. The molecule has 3 nitrogen and oxygen atoms in total. The average Bonchev–Trinajstić information content (AvgIpc) is 2.68. The van der Waals surface area contributed by atoms with Gasteiger partial charge in [-0.1, -0.05) is 12.8 Å². The summed E-state index contributed by atoms with van der Waals surface area (Å²) in [4.78, 5) is 5.00. The fourth-order valence-electron chi connectivity index (χ4n) is 1.36. The highest BCUT2D eigenvalue weighted by Gasteiger charge is 2.27. The molecule has 1 aliphatic carbocycles. The van der Waals surface area contributed by atoms with Gasteiger partial charge in [0.15, 0.2) is 0 Å². The summed E-state index contributed by atoms with van der Waals surface area (Å²) in [6.45, 7) is 0.00810. The number of hydrogen-bond acceptors (Lipinski definition) is 3. The minimum atomic E-state index is 0.00810. The Hall–Kier alpha value is -0.540. The van der Waals surface area contributed by atoms with Gasteiger partial charge in [-0.3, -0.25) is 0 Å². The summed E-state index contributed by atoms with van der Waals surface area (Å²) in [5.41, 5.74) is 2.88. The summed E-state index contributed by atoms with van der Waals surface area (Å²) < 4.78 is 0. The molecule has 62 valence electrons. The maximum atomic E-state index is 8.70. The van der Waals surface area contributed by atoms with Crippen LogP contribution in [-0.2, 0) is 4.84 Å². The van der Waals surface area contributed by atoms with Gasteiger partial charge in [-0.25, -0.2) is 0 Å². The summed E-state index contributed by atoms with van der Waals surface area (Å²) in [6.07, 6.45) is 5.85. The highest BCUT2D eigenvalue weighted by atomic mass is 16.7. The number of hydroxylamine groups is 1. The molecule has 1 unspecified atom stereocenters. The van der Waals surface area contributed by atoms with Crippen LogP contribution in [0.5, 0.6) is 0 Å². The summed E-state index contributed by atoms with van der Waals surface area (Å²) in [7, 11) is 0. The summed E-state index contributed by atoms with van der Waals surface area (Å²) in [5, 5.41) is 8.70. The zero-order valence-electron chi connectivity index (χ0n) is 6.42. The molecule has 1 heterocycles. The van der Waals surface area contributed by atoms with Crippen LogP contribution in [0.4, 0.5) is 0 Å². The lowest BCUT2D eigenvalue weighted by Crippen LogP contribution is -2.21. The molecule has 1 fully saturated rings. The van der Waals surface area contributed by atoms with Crippen molar-refractivity contribution in [1.82, 2.24) is 5.48 Å². The van der Waals surface area contributed by atoms with Crippen molar-refractivity contribution in [2.45, 2.75) is 25.3 Å². The first-order valence-electron chi connectivity index (χ1n) is 4.12. The maximum absolute atomic E-state index is 8.70. The lowest BCUT2D eigenvalue weighted by molar-refractivity contribution is 0.0881. The van der Waals surface area contributed by atoms with Gasteiger partial charge in [0.2, 0.25) is 0 Å². The molecule has 2 N–H and O–H groups in total. The van der Waals surface area contributed by atoms with Gasteiger partial charge in [-0.2, -0.15) is 5.48 Å². The van der Waals surface area contributed by atoms with Crippen molar-refractivity contribution in [2.75, 3.05) is 6.61 Å². The number of hydrogen-bond donors (Lipinski definition) is 2. The van der Waals surface area contributed by atoms with Crippen LogP contribution in [0, 0.1) is 5.92 Å². The molecule has 3 heteroatoms. The Morgan fingerprint density at radius 3 is 3.00 bits per heavy atom. The Bertz CT molecular complexity index is 175. The van der Waals surface area contributed by atoms with Crippen LogP contribution in [0.1, 0.15) is 19.3 Å². The quantitative estimate of drug-likeness (QED) is 0.626. The van der Waals surface area contributed by atoms with Gasteiger partial charge < -0.3 is 9.94 Å². The molecule has 0 aromatic carbocycles. The Morgan fingerprint density at radius 2 is 2.45 bits per heavy atom. The molecule has 0 spiro atoms. The minimum absolute atomic E-state index is 0.00810. The Kier molecular flexibility index (Phi) is 1.84. The van der Waals surface area contributed by atoms with E-state index in [-0.39, 0.29) is 6.61 Å². The van der Waals surface area contributed by atoms with Gasteiger partial charge in [-0.15, -0.1) is 0 Å². The monoisotopic (exact) mass is 155 g/mol. The largest absolute Gasteiger partial charge is 0.410 e. The standard InChI is InChI=1S/C8H13NO2/c10-5-8-4-7(9-11-8)3-6-1-2-6/h4,6-7,9-10H,1-3,5H2. The van der Waals surface area contributed by atoms with E-state index in [9.17, 15) is 0 Å². The van der Waals surface area contributed by atoms with E-state index in [4.69, 9.17) is 9.94 Å². The first-order chi connectivity index (χ1) is 5.38.